The zero-order valence-electron chi connectivity index (χ0n) is 14.6. The number of hydrogen-bond donors (Lipinski definition) is 0. The van der Waals surface area contributed by atoms with E-state index in [-0.39, 0.29) is 18.5 Å². The highest BCUT2D eigenvalue weighted by Crippen LogP contribution is 2.29. The van der Waals surface area contributed by atoms with Gasteiger partial charge in [0.1, 0.15) is 12.4 Å². The van der Waals surface area contributed by atoms with E-state index in [1.165, 1.54) is 12.1 Å². The highest BCUT2D eigenvalue weighted by Gasteiger charge is 2.21. The van der Waals surface area contributed by atoms with Crippen molar-refractivity contribution < 1.29 is 23.1 Å². The van der Waals surface area contributed by atoms with Crippen LogP contribution in [-0.4, -0.2) is 30.3 Å². The molecule has 0 aliphatic carbocycles. The molecule has 0 bridgehead atoms. The molecule has 1 aliphatic heterocycles. The quantitative estimate of drug-likeness (QED) is 0.622. The molecule has 1 fully saturated rings. The summed E-state index contributed by atoms with van der Waals surface area (Å²) in [6.45, 7) is 0.945. The summed E-state index contributed by atoms with van der Waals surface area (Å²) in [6, 6.07) is 12.9. The van der Waals surface area contributed by atoms with Gasteiger partial charge in [-0.05, 0) is 49.2 Å². The molecule has 2 heterocycles. The monoisotopic (exact) mass is 367 g/mol. The number of oxazole rings is 1. The number of carbonyl (C=O) groups is 1. The van der Waals surface area contributed by atoms with Crippen LogP contribution < -0.4 is 0 Å². The molecule has 1 aromatic heterocycles. The third kappa shape index (κ3) is 3.90. The minimum Gasteiger partial charge on any atom is -0.459 e. The second-order valence-electron chi connectivity index (χ2n) is 6.32. The molecular formula is C21H18FNO4. The van der Waals surface area contributed by atoms with Gasteiger partial charge < -0.3 is 13.9 Å². The average molecular weight is 367 g/mol. The van der Waals surface area contributed by atoms with Crippen LogP contribution in [0.4, 0.5) is 4.39 Å². The van der Waals surface area contributed by atoms with Crippen molar-refractivity contribution in [2.24, 2.45) is 0 Å². The van der Waals surface area contributed by atoms with E-state index < -0.39 is 5.97 Å². The molecule has 1 atom stereocenters. The average Bonchev–Trinajstić information content (AvgIpc) is 3.39. The van der Waals surface area contributed by atoms with Crippen molar-refractivity contribution in [3.05, 3.63) is 66.1 Å². The molecule has 0 saturated carbocycles. The first-order valence-electron chi connectivity index (χ1n) is 8.80. The van der Waals surface area contributed by atoms with Gasteiger partial charge in [-0.3, -0.25) is 0 Å². The topological polar surface area (TPSA) is 61.6 Å². The molecule has 0 amide bonds. The summed E-state index contributed by atoms with van der Waals surface area (Å²) < 4.78 is 29.8. The largest absolute Gasteiger partial charge is 0.459 e. The fourth-order valence-electron chi connectivity index (χ4n) is 3.02. The van der Waals surface area contributed by atoms with E-state index in [1.807, 2.05) is 0 Å². The van der Waals surface area contributed by atoms with Crippen molar-refractivity contribution in [3.8, 4) is 22.8 Å². The Kier molecular flexibility index (Phi) is 4.98. The Balaban J connectivity index is 1.55. The van der Waals surface area contributed by atoms with E-state index >= 15 is 0 Å². The summed E-state index contributed by atoms with van der Waals surface area (Å²) in [7, 11) is 0. The molecule has 0 N–H and O–H groups in total. The van der Waals surface area contributed by atoms with E-state index in [0.29, 0.717) is 34.9 Å². The van der Waals surface area contributed by atoms with Crippen molar-refractivity contribution in [1.82, 2.24) is 4.98 Å². The molecule has 4 rings (SSSR count). The number of ether oxygens (including phenoxy) is 2. The van der Waals surface area contributed by atoms with Crippen LogP contribution in [0, 0.1) is 5.82 Å². The van der Waals surface area contributed by atoms with Crippen molar-refractivity contribution in [2.75, 3.05) is 13.2 Å². The Morgan fingerprint density at radius 2 is 2.00 bits per heavy atom. The highest BCUT2D eigenvalue weighted by atomic mass is 19.1. The van der Waals surface area contributed by atoms with Gasteiger partial charge in [-0.2, -0.15) is 0 Å². The Labute approximate surface area is 155 Å². The highest BCUT2D eigenvalue weighted by molar-refractivity contribution is 5.96. The van der Waals surface area contributed by atoms with E-state index in [9.17, 15) is 9.18 Å². The van der Waals surface area contributed by atoms with Crippen LogP contribution in [-0.2, 0) is 9.47 Å². The maximum atomic E-state index is 13.1. The zero-order chi connectivity index (χ0) is 18.6. The van der Waals surface area contributed by atoms with Gasteiger partial charge in [0, 0.05) is 12.2 Å². The van der Waals surface area contributed by atoms with Crippen molar-refractivity contribution in [2.45, 2.75) is 18.9 Å². The van der Waals surface area contributed by atoms with Gasteiger partial charge >= 0.3 is 5.97 Å². The standard InChI is InChI=1S/C21H18FNO4/c22-15-9-7-14(8-10-15)19-12-23-20(27-19)17-5-1-2-6-18(17)21(24)26-13-16-4-3-11-25-16/h1-2,5-10,12,16H,3-4,11,13H2/t16-/m1/s1. The van der Waals surface area contributed by atoms with Gasteiger partial charge in [-0.1, -0.05) is 12.1 Å². The molecule has 6 heteroatoms. The number of aromatic nitrogens is 1. The lowest BCUT2D eigenvalue weighted by Gasteiger charge is -2.11. The molecular weight excluding hydrogens is 349 g/mol. The number of esters is 1. The van der Waals surface area contributed by atoms with Crippen LogP contribution in [0.25, 0.3) is 22.8 Å². The predicted octanol–water partition coefficient (Wildman–Crippen LogP) is 4.48. The van der Waals surface area contributed by atoms with Crippen molar-refractivity contribution in [1.29, 1.82) is 0 Å². The molecule has 5 nitrogen and oxygen atoms in total. The van der Waals surface area contributed by atoms with Crippen molar-refractivity contribution in [3.63, 3.8) is 0 Å². The molecule has 3 aromatic rings. The number of halogens is 1. The Morgan fingerprint density at radius 1 is 1.19 bits per heavy atom. The molecule has 27 heavy (non-hydrogen) atoms. The van der Waals surface area contributed by atoms with Gasteiger partial charge in [-0.25, -0.2) is 14.2 Å². The lowest BCUT2D eigenvalue weighted by molar-refractivity contribution is 0.0162. The van der Waals surface area contributed by atoms with Gasteiger partial charge in [0.25, 0.3) is 0 Å². The molecule has 2 aromatic carbocycles. The maximum absolute atomic E-state index is 13.1. The minimum atomic E-state index is -0.442. The SMILES string of the molecule is O=C(OC[C@H]1CCCO1)c1ccccc1-c1ncc(-c2ccc(F)cc2)o1. The normalized spacial score (nSPS) is 16.4. The zero-order valence-corrected chi connectivity index (χ0v) is 14.6. The van der Waals surface area contributed by atoms with Crippen LogP contribution in [0.15, 0.2) is 59.1 Å². The van der Waals surface area contributed by atoms with Gasteiger partial charge in [-0.15, -0.1) is 0 Å². The molecule has 0 radical (unpaired) electrons. The van der Waals surface area contributed by atoms with E-state index in [2.05, 4.69) is 4.98 Å². The van der Waals surface area contributed by atoms with Crippen LogP contribution in [0.3, 0.4) is 0 Å². The first-order valence-corrected chi connectivity index (χ1v) is 8.80. The van der Waals surface area contributed by atoms with E-state index in [4.69, 9.17) is 13.9 Å². The maximum Gasteiger partial charge on any atom is 0.339 e. The summed E-state index contributed by atoms with van der Waals surface area (Å²) in [5, 5.41) is 0. The first kappa shape index (κ1) is 17.4. The predicted molar refractivity (Wildman–Crippen MR) is 96.6 cm³/mol. The molecule has 138 valence electrons. The second-order valence-corrected chi connectivity index (χ2v) is 6.32. The number of nitrogens with zero attached hydrogens (tertiary/aromatic N) is 1. The summed E-state index contributed by atoms with van der Waals surface area (Å²) >= 11 is 0. The smallest absolute Gasteiger partial charge is 0.339 e. The lowest BCUT2D eigenvalue weighted by Crippen LogP contribution is -2.18. The summed E-state index contributed by atoms with van der Waals surface area (Å²) in [5.74, 6) is 0.0342. The number of benzene rings is 2. The van der Waals surface area contributed by atoms with Crippen LogP contribution in [0.2, 0.25) is 0 Å². The molecule has 0 unspecified atom stereocenters. The van der Waals surface area contributed by atoms with Gasteiger partial charge in [0.05, 0.1) is 23.4 Å². The number of hydrogen-bond acceptors (Lipinski definition) is 5. The van der Waals surface area contributed by atoms with Crippen LogP contribution >= 0.6 is 0 Å². The Hall–Kier alpha value is -2.99. The van der Waals surface area contributed by atoms with E-state index in [1.54, 1.807) is 42.6 Å². The first-order chi connectivity index (χ1) is 13.2. The summed E-state index contributed by atoms with van der Waals surface area (Å²) in [5.41, 5.74) is 1.62. The van der Waals surface area contributed by atoms with Gasteiger partial charge in [0.2, 0.25) is 5.89 Å². The van der Waals surface area contributed by atoms with Crippen molar-refractivity contribution >= 4 is 5.97 Å². The number of carbonyl (C=O) groups excluding carboxylic acids is 1. The Bertz CT molecular complexity index is 929. The molecule has 0 spiro atoms. The van der Waals surface area contributed by atoms with Crippen LogP contribution in [0.5, 0.6) is 0 Å². The molecule has 1 saturated heterocycles. The third-order valence-electron chi connectivity index (χ3n) is 4.44. The number of rotatable bonds is 5. The Morgan fingerprint density at radius 3 is 2.78 bits per heavy atom. The second kappa shape index (κ2) is 7.72. The third-order valence-corrected chi connectivity index (χ3v) is 4.44. The van der Waals surface area contributed by atoms with E-state index in [0.717, 1.165) is 12.8 Å². The fourth-order valence-corrected chi connectivity index (χ4v) is 3.02. The minimum absolute atomic E-state index is 0.0343. The lowest BCUT2D eigenvalue weighted by atomic mass is 10.1. The van der Waals surface area contributed by atoms with Gasteiger partial charge in [0.15, 0.2) is 5.76 Å². The van der Waals surface area contributed by atoms with Crippen LogP contribution in [0.1, 0.15) is 23.2 Å². The molecule has 1 aliphatic rings. The summed E-state index contributed by atoms with van der Waals surface area (Å²) in [4.78, 5) is 16.8. The summed E-state index contributed by atoms with van der Waals surface area (Å²) in [6.07, 6.45) is 3.40. The fraction of sp³-hybridized carbons (Fsp3) is 0.238.